The summed E-state index contributed by atoms with van der Waals surface area (Å²) in [5.41, 5.74) is 1.17. The van der Waals surface area contributed by atoms with E-state index in [2.05, 4.69) is 31.3 Å². The number of fused-ring (bicyclic) bond motifs is 1. The molecule has 1 amide bonds. The van der Waals surface area contributed by atoms with Gasteiger partial charge in [0, 0.05) is 11.3 Å². The fourth-order valence-corrected chi connectivity index (χ4v) is 4.64. The molecule has 0 aliphatic rings. The van der Waals surface area contributed by atoms with E-state index in [1.54, 1.807) is 48.5 Å². The first kappa shape index (κ1) is 28.7. The van der Waals surface area contributed by atoms with Gasteiger partial charge in [0.2, 0.25) is 0 Å². The van der Waals surface area contributed by atoms with Gasteiger partial charge in [-0.3, -0.25) is 9.59 Å². The summed E-state index contributed by atoms with van der Waals surface area (Å²) in [6, 6.07) is 23.5. The van der Waals surface area contributed by atoms with Crippen LogP contribution in [-0.4, -0.2) is 28.4 Å². The molecule has 0 aliphatic carbocycles. The SMILES string of the molecule is Cc1ccccc1NC(=O)COc1ccc(C=Nn2c(-c3cccc(C(F)(F)F)c3)nc3ccccc3c2=O)cc1Br. The van der Waals surface area contributed by atoms with Crippen molar-refractivity contribution >= 4 is 44.6 Å². The lowest BCUT2D eigenvalue weighted by Gasteiger charge is -2.12. The van der Waals surface area contributed by atoms with Gasteiger partial charge in [0.25, 0.3) is 11.5 Å². The molecule has 0 spiro atoms. The zero-order valence-electron chi connectivity index (χ0n) is 22.0. The van der Waals surface area contributed by atoms with Gasteiger partial charge in [-0.05, 0) is 82.5 Å². The highest BCUT2D eigenvalue weighted by molar-refractivity contribution is 9.10. The van der Waals surface area contributed by atoms with Crippen molar-refractivity contribution in [3.05, 3.63) is 123 Å². The lowest BCUT2D eigenvalue weighted by molar-refractivity contribution is -0.137. The van der Waals surface area contributed by atoms with Crippen molar-refractivity contribution in [2.75, 3.05) is 11.9 Å². The van der Waals surface area contributed by atoms with Gasteiger partial charge < -0.3 is 10.1 Å². The average Bonchev–Trinajstić information content (AvgIpc) is 2.97. The smallest absolute Gasteiger partial charge is 0.416 e. The van der Waals surface area contributed by atoms with Crippen molar-refractivity contribution in [2.24, 2.45) is 5.10 Å². The number of alkyl halides is 3. The Hall–Kier alpha value is -4.77. The molecule has 0 bridgehead atoms. The molecule has 1 heterocycles. The number of amides is 1. The first-order valence-electron chi connectivity index (χ1n) is 12.6. The zero-order valence-corrected chi connectivity index (χ0v) is 23.6. The molecule has 4 aromatic carbocycles. The van der Waals surface area contributed by atoms with Gasteiger partial charge in [-0.2, -0.15) is 22.9 Å². The normalized spacial score (nSPS) is 11.6. The number of benzene rings is 4. The molecule has 212 valence electrons. The van der Waals surface area contributed by atoms with E-state index in [-0.39, 0.29) is 29.3 Å². The number of ether oxygens (including phenoxy) is 1. The van der Waals surface area contributed by atoms with Crippen LogP contribution in [0.1, 0.15) is 16.7 Å². The van der Waals surface area contributed by atoms with Crippen LogP contribution >= 0.6 is 15.9 Å². The van der Waals surface area contributed by atoms with Crippen LogP contribution in [0.4, 0.5) is 18.9 Å². The predicted molar refractivity (Wildman–Crippen MR) is 159 cm³/mol. The van der Waals surface area contributed by atoms with Crippen LogP contribution in [0.15, 0.2) is 105 Å². The number of para-hydroxylation sites is 2. The monoisotopic (exact) mass is 634 g/mol. The van der Waals surface area contributed by atoms with Crippen molar-refractivity contribution < 1.29 is 22.7 Å². The quantitative estimate of drug-likeness (QED) is 0.194. The third-order valence-electron chi connectivity index (χ3n) is 6.26. The predicted octanol–water partition coefficient (Wildman–Crippen LogP) is 7.05. The molecule has 5 rings (SSSR count). The molecule has 0 radical (unpaired) electrons. The van der Waals surface area contributed by atoms with Gasteiger partial charge >= 0.3 is 6.18 Å². The number of nitrogens with one attached hydrogen (secondary N) is 1. The minimum Gasteiger partial charge on any atom is -0.483 e. The highest BCUT2D eigenvalue weighted by Gasteiger charge is 2.31. The summed E-state index contributed by atoms with van der Waals surface area (Å²) in [4.78, 5) is 30.2. The number of aryl methyl sites for hydroxylation is 1. The summed E-state index contributed by atoms with van der Waals surface area (Å²) in [6.45, 7) is 1.66. The minimum absolute atomic E-state index is 0.0419. The van der Waals surface area contributed by atoms with Crippen LogP contribution in [0.3, 0.4) is 0 Å². The molecule has 0 unspecified atom stereocenters. The van der Waals surface area contributed by atoms with Crippen LogP contribution in [0.25, 0.3) is 22.3 Å². The Morgan fingerprint density at radius 1 is 1.02 bits per heavy atom. The number of aromatic nitrogens is 2. The molecular formula is C31H22BrF3N4O3. The van der Waals surface area contributed by atoms with E-state index in [1.165, 1.54) is 18.3 Å². The van der Waals surface area contributed by atoms with Gasteiger partial charge in [0.1, 0.15) is 5.75 Å². The summed E-state index contributed by atoms with van der Waals surface area (Å²) in [6.07, 6.45) is -3.19. The minimum atomic E-state index is -4.57. The fraction of sp³-hybridized carbons (Fsp3) is 0.0968. The van der Waals surface area contributed by atoms with E-state index in [4.69, 9.17) is 4.74 Å². The fourth-order valence-electron chi connectivity index (χ4n) is 4.13. The van der Waals surface area contributed by atoms with Gasteiger partial charge in [-0.25, -0.2) is 4.98 Å². The molecular weight excluding hydrogens is 613 g/mol. The number of hydrogen-bond acceptors (Lipinski definition) is 5. The van der Waals surface area contributed by atoms with E-state index in [9.17, 15) is 22.8 Å². The van der Waals surface area contributed by atoms with Gasteiger partial charge in [-0.1, -0.05) is 42.5 Å². The lowest BCUT2D eigenvalue weighted by atomic mass is 10.1. The standard InChI is InChI=1S/C31H22BrF3N4O3/c1-19-7-2-4-11-25(19)37-28(40)18-42-27-14-13-20(15-24(27)32)17-36-39-29(21-8-6-9-22(16-21)31(33,34)35)38-26-12-5-3-10-23(26)30(39)41/h2-17H,18H2,1H3,(H,37,40). The first-order chi connectivity index (χ1) is 20.1. The number of carbonyl (C=O) groups excluding carboxylic acids is 1. The van der Waals surface area contributed by atoms with Crippen LogP contribution < -0.4 is 15.6 Å². The zero-order chi connectivity index (χ0) is 29.9. The molecule has 0 atom stereocenters. The molecule has 42 heavy (non-hydrogen) atoms. The Bertz CT molecular complexity index is 1890. The number of anilines is 1. The summed E-state index contributed by atoms with van der Waals surface area (Å²) >= 11 is 3.42. The van der Waals surface area contributed by atoms with Crippen LogP contribution in [0.5, 0.6) is 5.75 Å². The highest BCUT2D eigenvalue weighted by atomic mass is 79.9. The molecule has 1 aromatic heterocycles. The third kappa shape index (κ3) is 6.41. The molecule has 11 heteroatoms. The first-order valence-corrected chi connectivity index (χ1v) is 13.4. The Morgan fingerprint density at radius 2 is 1.79 bits per heavy atom. The summed E-state index contributed by atoms with van der Waals surface area (Å²) in [5, 5.41) is 7.36. The molecule has 0 aliphatic heterocycles. The Kier molecular flexibility index (Phi) is 8.21. The Morgan fingerprint density at radius 3 is 2.55 bits per heavy atom. The van der Waals surface area contributed by atoms with Crippen molar-refractivity contribution in [3.8, 4) is 17.1 Å². The number of carbonyl (C=O) groups is 1. The maximum Gasteiger partial charge on any atom is 0.416 e. The number of nitrogens with zero attached hydrogens (tertiary/aromatic N) is 3. The Labute approximate surface area is 246 Å². The Balaban J connectivity index is 1.41. The van der Waals surface area contributed by atoms with E-state index >= 15 is 0 Å². The largest absolute Gasteiger partial charge is 0.483 e. The third-order valence-corrected chi connectivity index (χ3v) is 6.88. The van der Waals surface area contributed by atoms with Crippen molar-refractivity contribution in [1.82, 2.24) is 9.66 Å². The maximum atomic E-state index is 13.4. The van der Waals surface area contributed by atoms with Gasteiger partial charge in [-0.15, -0.1) is 0 Å². The van der Waals surface area contributed by atoms with Crippen LogP contribution in [0.2, 0.25) is 0 Å². The summed E-state index contributed by atoms with van der Waals surface area (Å²) in [7, 11) is 0. The average molecular weight is 635 g/mol. The number of hydrogen-bond donors (Lipinski definition) is 1. The molecule has 0 fully saturated rings. The molecule has 5 aromatic rings. The lowest BCUT2D eigenvalue weighted by Crippen LogP contribution is -2.21. The maximum absolute atomic E-state index is 13.4. The van der Waals surface area contributed by atoms with Gasteiger partial charge in [0.05, 0.1) is 27.2 Å². The van der Waals surface area contributed by atoms with Crippen LogP contribution in [0, 0.1) is 6.92 Å². The van der Waals surface area contributed by atoms with E-state index in [0.29, 0.717) is 27.0 Å². The van der Waals surface area contributed by atoms with Crippen molar-refractivity contribution in [1.29, 1.82) is 0 Å². The van der Waals surface area contributed by atoms with E-state index in [0.717, 1.165) is 22.4 Å². The van der Waals surface area contributed by atoms with E-state index < -0.39 is 17.3 Å². The van der Waals surface area contributed by atoms with E-state index in [1.807, 2.05) is 25.1 Å². The molecule has 7 nitrogen and oxygen atoms in total. The molecule has 0 saturated carbocycles. The van der Waals surface area contributed by atoms with Crippen LogP contribution in [-0.2, 0) is 11.0 Å². The van der Waals surface area contributed by atoms with Gasteiger partial charge in [0.15, 0.2) is 12.4 Å². The second-order valence-corrected chi connectivity index (χ2v) is 10.1. The highest BCUT2D eigenvalue weighted by Crippen LogP contribution is 2.32. The summed E-state index contributed by atoms with van der Waals surface area (Å²) < 4.78 is 47.4. The van der Waals surface area contributed by atoms with Crippen molar-refractivity contribution in [2.45, 2.75) is 13.1 Å². The second kappa shape index (κ2) is 12.0. The number of halogens is 4. The molecule has 0 saturated heterocycles. The van der Waals surface area contributed by atoms with Crippen molar-refractivity contribution in [3.63, 3.8) is 0 Å². The second-order valence-electron chi connectivity index (χ2n) is 9.23. The number of rotatable bonds is 7. The topological polar surface area (TPSA) is 85.6 Å². The molecule has 1 N–H and O–H groups in total. The summed E-state index contributed by atoms with van der Waals surface area (Å²) in [5.74, 6) is 0.0353.